The largest absolute Gasteiger partial charge is 0.343 e. The molecule has 1 aliphatic rings. The minimum atomic E-state index is 0.260. The van der Waals surface area contributed by atoms with Gasteiger partial charge in [-0.05, 0) is 13.8 Å². The standard InChI is InChI=1S/C10H18N2OS2/c1-3-12(4-2)9(13)5-7-14-10-11-6-8-15-10/h3-8H2,1-2H3. The third-order valence-electron chi connectivity index (χ3n) is 2.22. The molecule has 0 spiro atoms. The van der Waals surface area contributed by atoms with Gasteiger partial charge in [0, 0.05) is 31.0 Å². The summed E-state index contributed by atoms with van der Waals surface area (Å²) in [6.45, 7) is 6.61. The van der Waals surface area contributed by atoms with Gasteiger partial charge in [0.2, 0.25) is 5.91 Å². The molecule has 0 N–H and O–H groups in total. The van der Waals surface area contributed by atoms with Crippen molar-refractivity contribution >= 4 is 33.8 Å². The summed E-state index contributed by atoms with van der Waals surface area (Å²) in [6, 6.07) is 0. The van der Waals surface area contributed by atoms with E-state index in [0.29, 0.717) is 6.42 Å². The quantitative estimate of drug-likeness (QED) is 0.744. The summed E-state index contributed by atoms with van der Waals surface area (Å²) in [5.41, 5.74) is 0. The molecule has 0 atom stereocenters. The minimum Gasteiger partial charge on any atom is -0.343 e. The van der Waals surface area contributed by atoms with Gasteiger partial charge in [0.15, 0.2) is 0 Å². The Bertz CT molecular complexity index is 240. The van der Waals surface area contributed by atoms with Gasteiger partial charge in [0.25, 0.3) is 0 Å². The predicted molar refractivity (Wildman–Crippen MR) is 69.8 cm³/mol. The highest BCUT2D eigenvalue weighted by molar-refractivity contribution is 8.39. The van der Waals surface area contributed by atoms with E-state index in [1.807, 2.05) is 18.7 Å². The number of nitrogens with zero attached hydrogens (tertiary/aromatic N) is 2. The molecule has 0 radical (unpaired) electrons. The van der Waals surface area contributed by atoms with Crippen molar-refractivity contribution in [3.05, 3.63) is 0 Å². The molecule has 1 aliphatic heterocycles. The van der Waals surface area contributed by atoms with Gasteiger partial charge >= 0.3 is 0 Å². The lowest BCUT2D eigenvalue weighted by atomic mass is 10.4. The summed E-state index contributed by atoms with van der Waals surface area (Å²) < 4.78 is 1.15. The topological polar surface area (TPSA) is 32.7 Å². The van der Waals surface area contributed by atoms with Gasteiger partial charge in [0.05, 0.1) is 6.54 Å². The molecule has 0 bridgehead atoms. The average Bonchev–Trinajstić information content (AvgIpc) is 2.72. The van der Waals surface area contributed by atoms with Crippen LogP contribution in [-0.4, -0.2) is 46.3 Å². The Hall–Kier alpha value is -0.160. The highest BCUT2D eigenvalue weighted by Gasteiger charge is 2.11. The normalized spacial score (nSPS) is 15.2. The first-order chi connectivity index (χ1) is 7.27. The zero-order chi connectivity index (χ0) is 11.1. The molecular weight excluding hydrogens is 228 g/mol. The molecule has 3 nitrogen and oxygen atoms in total. The molecule has 0 saturated heterocycles. The maximum atomic E-state index is 11.6. The Morgan fingerprint density at radius 1 is 1.53 bits per heavy atom. The van der Waals surface area contributed by atoms with E-state index in [0.717, 1.165) is 35.5 Å². The van der Waals surface area contributed by atoms with Crippen molar-refractivity contribution in [1.29, 1.82) is 0 Å². The molecule has 0 aromatic heterocycles. The predicted octanol–water partition coefficient (Wildman–Crippen LogP) is 2.08. The second-order valence-electron chi connectivity index (χ2n) is 3.16. The van der Waals surface area contributed by atoms with Gasteiger partial charge < -0.3 is 4.90 Å². The van der Waals surface area contributed by atoms with E-state index in [9.17, 15) is 4.79 Å². The Kier molecular flexibility index (Phi) is 6.17. The number of carbonyl (C=O) groups is 1. The van der Waals surface area contributed by atoms with E-state index in [4.69, 9.17) is 0 Å². The van der Waals surface area contributed by atoms with E-state index in [1.54, 1.807) is 23.5 Å². The van der Waals surface area contributed by atoms with Gasteiger partial charge in [-0.25, -0.2) is 0 Å². The first-order valence-corrected chi connectivity index (χ1v) is 7.32. The lowest BCUT2D eigenvalue weighted by Crippen LogP contribution is -2.30. The highest BCUT2D eigenvalue weighted by Crippen LogP contribution is 2.22. The van der Waals surface area contributed by atoms with E-state index in [2.05, 4.69) is 4.99 Å². The number of hydrogen-bond acceptors (Lipinski definition) is 4. The lowest BCUT2D eigenvalue weighted by Gasteiger charge is -2.18. The van der Waals surface area contributed by atoms with Crippen LogP contribution in [0.4, 0.5) is 0 Å². The summed E-state index contributed by atoms with van der Waals surface area (Å²) in [7, 11) is 0. The van der Waals surface area contributed by atoms with Gasteiger partial charge in [-0.1, -0.05) is 23.5 Å². The minimum absolute atomic E-state index is 0.260. The molecule has 0 aliphatic carbocycles. The van der Waals surface area contributed by atoms with Crippen molar-refractivity contribution in [2.24, 2.45) is 4.99 Å². The second kappa shape index (κ2) is 7.17. The molecule has 0 aromatic carbocycles. The van der Waals surface area contributed by atoms with Crippen LogP contribution in [0.2, 0.25) is 0 Å². The summed E-state index contributed by atoms with van der Waals surface area (Å²) in [4.78, 5) is 17.9. The summed E-state index contributed by atoms with van der Waals surface area (Å²) >= 11 is 3.52. The van der Waals surface area contributed by atoms with Crippen LogP contribution in [0, 0.1) is 0 Å². The molecule has 1 amide bonds. The summed E-state index contributed by atoms with van der Waals surface area (Å²) in [6.07, 6.45) is 0.631. The van der Waals surface area contributed by atoms with Crippen molar-refractivity contribution in [3.63, 3.8) is 0 Å². The fourth-order valence-electron chi connectivity index (χ4n) is 1.36. The highest BCUT2D eigenvalue weighted by atomic mass is 32.2. The number of aliphatic imine (C=N–C) groups is 1. The van der Waals surface area contributed by atoms with Crippen molar-refractivity contribution in [2.75, 3.05) is 31.1 Å². The first-order valence-electron chi connectivity index (χ1n) is 5.35. The van der Waals surface area contributed by atoms with Crippen molar-refractivity contribution in [2.45, 2.75) is 20.3 Å². The monoisotopic (exact) mass is 246 g/mol. The molecule has 0 aromatic rings. The van der Waals surface area contributed by atoms with Crippen LogP contribution < -0.4 is 0 Å². The number of rotatable bonds is 5. The molecule has 1 rings (SSSR count). The van der Waals surface area contributed by atoms with Gasteiger partial charge in [0.1, 0.15) is 4.38 Å². The average molecular weight is 246 g/mol. The van der Waals surface area contributed by atoms with Crippen molar-refractivity contribution in [1.82, 2.24) is 4.90 Å². The van der Waals surface area contributed by atoms with Crippen LogP contribution >= 0.6 is 23.5 Å². The van der Waals surface area contributed by atoms with E-state index in [1.165, 1.54) is 0 Å². The van der Waals surface area contributed by atoms with Gasteiger partial charge in [-0.2, -0.15) is 0 Å². The maximum absolute atomic E-state index is 11.6. The molecule has 86 valence electrons. The van der Waals surface area contributed by atoms with E-state index < -0.39 is 0 Å². The SMILES string of the molecule is CCN(CC)C(=O)CCSC1=NCCS1. The Morgan fingerprint density at radius 3 is 2.80 bits per heavy atom. The Morgan fingerprint density at radius 2 is 2.27 bits per heavy atom. The molecule has 0 unspecified atom stereocenters. The van der Waals surface area contributed by atoms with Crippen LogP contribution in [-0.2, 0) is 4.79 Å². The molecule has 5 heteroatoms. The molecule has 1 heterocycles. The van der Waals surface area contributed by atoms with Crippen LogP contribution in [0.25, 0.3) is 0 Å². The van der Waals surface area contributed by atoms with Crippen molar-refractivity contribution < 1.29 is 4.79 Å². The second-order valence-corrected chi connectivity index (χ2v) is 5.59. The van der Waals surface area contributed by atoms with E-state index >= 15 is 0 Å². The fourth-order valence-corrected chi connectivity index (χ4v) is 3.37. The van der Waals surface area contributed by atoms with Gasteiger partial charge in [-0.3, -0.25) is 9.79 Å². The molecule has 0 saturated carbocycles. The third kappa shape index (κ3) is 4.47. The molecular formula is C10H18N2OS2. The number of hydrogen-bond donors (Lipinski definition) is 0. The van der Waals surface area contributed by atoms with Crippen molar-refractivity contribution in [3.8, 4) is 0 Å². The third-order valence-corrected chi connectivity index (χ3v) is 4.47. The zero-order valence-corrected chi connectivity index (χ0v) is 11.0. The Labute approximate surface area is 100 Å². The van der Waals surface area contributed by atoms with Crippen LogP contribution in [0.3, 0.4) is 0 Å². The first kappa shape index (κ1) is 12.9. The number of carbonyl (C=O) groups excluding carboxylic acids is 1. The summed E-state index contributed by atoms with van der Waals surface area (Å²) in [5.74, 6) is 2.23. The lowest BCUT2D eigenvalue weighted by molar-refractivity contribution is -0.130. The Balaban J connectivity index is 2.16. The van der Waals surface area contributed by atoms with E-state index in [-0.39, 0.29) is 5.91 Å². The zero-order valence-electron chi connectivity index (χ0n) is 9.36. The molecule has 0 fully saturated rings. The summed E-state index contributed by atoms with van der Waals surface area (Å²) in [5, 5.41) is 0. The molecule has 15 heavy (non-hydrogen) atoms. The number of amides is 1. The number of thioether (sulfide) groups is 2. The van der Waals surface area contributed by atoms with Crippen LogP contribution in [0.5, 0.6) is 0 Å². The van der Waals surface area contributed by atoms with Crippen LogP contribution in [0.15, 0.2) is 4.99 Å². The maximum Gasteiger partial charge on any atom is 0.223 e. The van der Waals surface area contributed by atoms with Crippen LogP contribution in [0.1, 0.15) is 20.3 Å². The fraction of sp³-hybridized carbons (Fsp3) is 0.800. The van der Waals surface area contributed by atoms with Gasteiger partial charge in [-0.15, -0.1) is 0 Å². The smallest absolute Gasteiger partial charge is 0.223 e.